The summed E-state index contributed by atoms with van der Waals surface area (Å²) in [5.74, 6) is -1.11. The molecule has 0 aliphatic rings. The lowest BCUT2D eigenvalue weighted by atomic mass is 10.3. The van der Waals surface area contributed by atoms with E-state index in [0.717, 1.165) is 0 Å². The average Bonchev–Trinajstić information content (AvgIpc) is 2.51. The molecular weight excluding hydrogens is 344 g/mol. The van der Waals surface area contributed by atoms with Gasteiger partial charge in [-0.1, -0.05) is 35.3 Å². The van der Waals surface area contributed by atoms with Crippen LogP contribution in [0.15, 0.2) is 42.5 Å². The third-order valence-corrected chi connectivity index (χ3v) is 3.47. The van der Waals surface area contributed by atoms with Gasteiger partial charge in [-0.25, -0.2) is 9.18 Å². The van der Waals surface area contributed by atoms with Crippen molar-refractivity contribution in [1.29, 1.82) is 0 Å². The first-order valence-corrected chi connectivity index (χ1v) is 7.25. The molecule has 0 heterocycles. The molecule has 0 atom stereocenters. The smallest absolute Gasteiger partial charge is 0.319 e. The number of rotatable bonds is 4. The topological polar surface area (TPSA) is 70.2 Å². The molecule has 0 fully saturated rings. The summed E-state index contributed by atoms with van der Waals surface area (Å²) < 4.78 is 13.4. The number of halogens is 3. The Hall–Kier alpha value is -2.31. The van der Waals surface area contributed by atoms with Crippen LogP contribution in [0.5, 0.6) is 0 Å². The van der Waals surface area contributed by atoms with E-state index in [1.165, 1.54) is 30.3 Å². The van der Waals surface area contributed by atoms with E-state index in [4.69, 9.17) is 23.2 Å². The van der Waals surface area contributed by atoms with Crippen molar-refractivity contribution in [2.24, 2.45) is 0 Å². The van der Waals surface area contributed by atoms with E-state index in [9.17, 15) is 14.0 Å². The molecule has 0 saturated heterocycles. The number of anilines is 2. The van der Waals surface area contributed by atoms with E-state index in [1.54, 1.807) is 12.1 Å². The molecule has 0 spiro atoms. The van der Waals surface area contributed by atoms with E-state index in [-0.39, 0.29) is 12.2 Å². The fraction of sp³-hybridized carbons (Fsp3) is 0.0667. The first-order chi connectivity index (χ1) is 11.0. The van der Waals surface area contributed by atoms with E-state index < -0.39 is 17.8 Å². The standard InChI is InChI=1S/C15H12Cl2FN3O2/c16-10-6-5-9(7-11(10)17)20-15(23)19-8-14(22)21-13-4-2-1-3-12(13)18/h1-7H,8H2,(H,21,22)(H2,19,20,23). The fourth-order valence-electron chi connectivity index (χ4n) is 1.67. The number of urea groups is 1. The molecule has 0 bridgehead atoms. The Kier molecular flexibility index (Phi) is 5.78. The highest BCUT2D eigenvalue weighted by Gasteiger charge is 2.09. The van der Waals surface area contributed by atoms with E-state index in [0.29, 0.717) is 15.7 Å². The average molecular weight is 356 g/mol. The van der Waals surface area contributed by atoms with E-state index in [2.05, 4.69) is 16.0 Å². The molecule has 3 N–H and O–H groups in total. The predicted octanol–water partition coefficient (Wildman–Crippen LogP) is 3.89. The Morgan fingerprint density at radius 3 is 2.43 bits per heavy atom. The van der Waals surface area contributed by atoms with Crippen molar-refractivity contribution in [3.8, 4) is 0 Å². The first kappa shape index (κ1) is 17.1. The van der Waals surface area contributed by atoms with Crippen LogP contribution in [0.1, 0.15) is 0 Å². The summed E-state index contributed by atoms with van der Waals surface area (Å²) in [5, 5.41) is 7.84. The molecule has 120 valence electrons. The van der Waals surface area contributed by atoms with Gasteiger partial charge in [0.1, 0.15) is 5.82 Å². The van der Waals surface area contributed by atoms with Crippen molar-refractivity contribution in [3.05, 3.63) is 58.3 Å². The summed E-state index contributed by atoms with van der Waals surface area (Å²) in [6.45, 7) is -0.318. The van der Waals surface area contributed by atoms with Crippen molar-refractivity contribution in [1.82, 2.24) is 5.32 Å². The maximum absolute atomic E-state index is 13.4. The van der Waals surface area contributed by atoms with Gasteiger partial charge in [0.2, 0.25) is 5.91 Å². The number of nitrogens with one attached hydrogen (secondary N) is 3. The Balaban J connectivity index is 1.83. The summed E-state index contributed by atoms with van der Waals surface area (Å²) in [7, 11) is 0. The molecule has 5 nitrogen and oxygen atoms in total. The highest BCUT2D eigenvalue weighted by molar-refractivity contribution is 6.42. The fourth-order valence-corrected chi connectivity index (χ4v) is 1.96. The van der Waals surface area contributed by atoms with Gasteiger partial charge in [-0.3, -0.25) is 4.79 Å². The van der Waals surface area contributed by atoms with Crippen LogP contribution in [-0.4, -0.2) is 18.5 Å². The second-order valence-electron chi connectivity index (χ2n) is 4.46. The zero-order valence-corrected chi connectivity index (χ0v) is 13.2. The number of carbonyl (C=O) groups excluding carboxylic acids is 2. The highest BCUT2D eigenvalue weighted by atomic mass is 35.5. The maximum atomic E-state index is 13.4. The van der Waals surface area contributed by atoms with Crippen molar-refractivity contribution < 1.29 is 14.0 Å². The lowest BCUT2D eigenvalue weighted by molar-refractivity contribution is -0.115. The number of carbonyl (C=O) groups is 2. The van der Waals surface area contributed by atoms with Crippen LogP contribution < -0.4 is 16.0 Å². The van der Waals surface area contributed by atoms with Gasteiger partial charge < -0.3 is 16.0 Å². The summed E-state index contributed by atoms with van der Waals surface area (Å²) in [6.07, 6.45) is 0. The van der Waals surface area contributed by atoms with Crippen molar-refractivity contribution in [2.75, 3.05) is 17.2 Å². The quantitative estimate of drug-likeness (QED) is 0.778. The van der Waals surface area contributed by atoms with Gasteiger partial charge in [0, 0.05) is 5.69 Å². The van der Waals surface area contributed by atoms with E-state index >= 15 is 0 Å². The van der Waals surface area contributed by atoms with Crippen LogP contribution >= 0.6 is 23.2 Å². The summed E-state index contributed by atoms with van der Waals surface area (Å²) in [6, 6.07) is 9.70. The van der Waals surface area contributed by atoms with Crippen LogP contribution in [0.3, 0.4) is 0 Å². The van der Waals surface area contributed by atoms with Gasteiger partial charge in [0.15, 0.2) is 0 Å². The van der Waals surface area contributed by atoms with Gasteiger partial charge in [-0.2, -0.15) is 0 Å². The molecule has 2 rings (SSSR count). The highest BCUT2D eigenvalue weighted by Crippen LogP contribution is 2.24. The van der Waals surface area contributed by atoms with Crippen LogP contribution in [0.2, 0.25) is 10.0 Å². The van der Waals surface area contributed by atoms with Crippen molar-refractivity contribution in [2.45, 2.75) is 0 Å². The molecule has 3 amide bonds. The number of hydrogen-bond donors (Lipinski definition) is 3. The SMILES string of the molecule is O=C(CNC(=O)Nc1ccc(Cl)c(Cl)c1)Nc1ccccc1F. The lowest BCUT2D eigenvalue weighted by Gasteiger charge is -2.09. The molecule has 0 unspecified atom stereocenters. The summed E-state index contributed by atoms with van der Waals surface area (Å²) in [4.78, 5) is 23.3. The molecule has 0 aliphatic carbocycles. The number of hydrogen-bond acceptors (Lipinski definition) is 2. The van der Waals surface area contributed by atoms with Crippen LogP contribution in [0.25, 0.3) is 0 Å². The third kappa shape index (κ3) is 5.12. The summed E-state index contributed by atoms with van der Waals surface area (Å²) in [5.41, 5.74) is 0.468. The van der Waals surface area contributed by atoms with Crippen molar-refractivity contribution >= 4 is 46.5 Å². The number of para-hydroxylation sites is 1. The van der Waals surface area contributed by atoms with E-state index in [1.807, 2.05) is 0 Å². The number of amides is 3. The van der Waals surface area contributed by atoms with Gasteiger partial charge in [0.25, 0.3) is 0 Å². The second kappa shape index (κ2) is 7.80. The Labute approximate surface area is 141 Å². The second-order valence-corrected chi connectivity index (χ2v) is 5.28. The Morgan fingerprint density at radius 1 is 1.00 bits per heavy atom. The molecule has 2 aromatic rings. The number of benzene rings is 2. The van der Waals surface area contributed by atoms with Crippen molar-refractivity contribution in [3.63, 3.8) is 0 Å². The van der Waals surface area contributed by atoms with Gasteiger partial charge in [0.05, 0.1) is 22.3 Å². The lowest BCUT2D eigenvalue weighted by Crippen LogP contribution is -2.35. The molecule has 23 heavy (non-hydrogen) atoms. The molecule has 8 heteroatoms. The van der Waals surface area contributed by atoms with Crippen LogP contribution in [-0.2, 0) is 4.79 Å². The minimum Gasteiger partial charge on any atom is -0.329 e. The normalized spacial score (nSPS) is 10.0. The molecule has 0 aromatic heterocycles. The summed E-state index contributed by atoms with van der Waals surface area (Å²) >= 11 is 11.6. The molecule has 0 aliphatic heterocycles. The Bertz CT molecular complexity index is 740. The molecule has 0 radical (unpaired) electrons. The largest absolute Gasteiger partial charge is 0.329 e. The molecule has 0 saturated carbocycles. The monoisotopic (exact) mass is 355 g/mol. The van der Waals surface area contributed by atoms with Gasteiger partial charge in [-0.15, -0.1) is 0 Å². The minimum atomic E-state index is -0.605. The van der Waals surface area contributed by atoms with Gasteiger partial charge in [-0.05, 0) is 30.3 Å². The van der Waals surface area contributed by atoms with Crippen LogP contribution in [0.4, 0.5) is 20.6 Å². The third-order valence-electron chi connectivity index (χ3n) is 2.73. The zero-order valence-electron chi connectivity index (χ0n) is 11.7. The van der Waals surface area contributed by atoms with Crippen LogP contribution in [0, 0.1) is 5.82 Å². The predicted molar refractivity (Wildman–Crippen MR) is 88.5 cm³/mol. The zero-order chi connectivity index (χ0) is 16.8. The molecular formula is C15H12Cl2FN3O2. The first-order valence-electron chi connectivity index (χ1n) is 6.50. The van der Waals surface area contributed by atoms with Gasteiger partial charge >= 0.3 is 6.03 Å². The Morgan fingerprint density at radius 2 is 1.74 bits per heavy atom. The molecule has 2 aromatic carbocycles. The maximum Gasteiger partial charge on any atom is 0.319 e. The minimum absolute atomic E-state index is 0.0455.